The van der Waals surface area contributed by atoms with Crippen LogP contribution in [-0.2, 0) is 12.8 Å². The van der Waals surface area contributed by atoms with E-state index in [-0.39, 0.29) is 0 Å². The summed E-state index contributed by atoms with van der Waals surface area (Å²) in [6.45, 7) is 12.6. The first-order valence-electron chi connectivity index (χ1n) is 6.72. The van der Waals surface area contributed by atoms with Crippen LogP contribution in [0.15, 0.2) is 48.6 Å². The van der Waals surface area contributed by atoms with E-state index in [1.807, 2.05) is 6.08 Å². The smallest absolute Gasteiger partial charge is 0.0181 e. The zero-order chi connectivity index (χ0) is 13.5. The van der Waals surface area contributed by atoms with E-state index in [4.69, 9.17) is 0 Å². The van der Waals surface area contributed by atoms with Gasteiger partial charge in [0.15, 0.2) is 0 Å². The molecule has 0 heterocycles. The molecule has 0 aromatic heterocycles. The molecule has 0 aliphatic carbocycles. The first-order valence-corrected chi connectivity index (χ1v) is 6.72. The summed E-state index contributed by atoms with van der Waals surface area (Å²) in [4.78, 5) is 0. The average molecular weight is 240 g/mol. The molecule has 1 aromatic rings. The molecule has 0 radical (unpaired) electrons. The fourth-order valence-corrected chi connectivity index (χ4v) is 2.02. The molecule has 0 aliphatic rings. The predicted octanol–water partition coefficient (Wildman–Crippen LogP) is 5.35. The van der Waals surface area contributed by atoms with E-state index in [1.165, 1.54) is 27.8 Å². The standard InChI is InChI=1S/C18H24/c1-6-15-11-12-18(13-17(15)8-3)16(7-2)10-9-14(4)5/h7,9-13H,2,6,8H2,1,3-5H3/b16-10+. The predicted molar refractivity (Wildman–Crippen MR) is 82.8 cm³/mol. The summed E-state index contributed by atoms with van der Waals surface area (Å²) in [6.07, 6.45) is 8.40. The summed E-state index contributed by atoms with van der Waals surface area (Å²) in [6, 6.07) is 6.74. The Hall–Kier alpha value is -1.56. The van der Waals surface area contributed by atoms with Crippen LogP contribution >= 0.6 is 0 Å². The SMILES string of the molecule is C=C/C(=C\C=C(C)C)c1ccc(CC)c(CC)c1. The highest BCUT2D eigenvalue weighted by Gasteiger charge is 2.02. The molecule has 0 saturated heterocycles. The minimum absolute atomic E-state index is 1.09. The lowest BCUT2D eigenvalue weighted by Gasteiger charge is -2.09. The van der Waals surface area contributed by atoms with E-state index >= 15 is 0 Å². The Morgan fingerprint density at radius 3 is 2.22 bits per heavy atom. The lowest BCUT2D eigenvalue weighted by Crippen LogP contribution is -1.93. The number of rotatable bonds is 5. The molecular formula is C18H24. The second-order valence-electron chi connectivity index (χ2n) is 4.76. The first-order chi connectivity index (χ1) is 8.62. The van der Waals surface area contributed by atoms with Gasteiger partial charge < -0.3 is 0 Å². The molecule has 0 saturated carbocycles. The third-order valence-electron chi connectivity index (χ3n) is 3.12. The Morgan fingerprint density at radius 1 is 1.06 bits per heavy atom. The van der Waals surface area contributed by atoms with Gasteiger partial charge in [-0.3, -0.25) is 0 Å². The van der Waals surface area contributed by atoms with Gasteiger partial charge in [0.05, 0.1) is 0 Å². The average Bonchev–Trinajstić information content (AvgIpc) is 2.38. The quantitative estimate of drug-likeness (QED) is 0.609. The minimum Gasteiger partial charge on any atom is -0.0984 e. The van der Waals surface area contributed by atoms with E-state index in [1.54, 1.807) is 0 Å². The molecule has 0 aliphatic heterocycles. The molecule has 0 nitrogen and oxygen atoms in total. The molecular weight excluding hydrogens is 216 g/mol. The number of benzene rings is 1. The molecule has 1 rings (SSSR count). The van der Waals surface area contributed by atoms with Crippen LogP contribution in [0.4, 0.5) is 0 Å². The van der Waals surface area contributed by atoms with Crippen LogP contribution in [0.25, 0.3) is 5.57 Å². The van der Waals surface area contributed by atoms with Crippen LogP contribution in [0.2, 0.25) is 0 Å². The third kappa shape index (κ3) is 3.73. The maximum absolute atomic E-state index is 3.92. The van der Waals surface area contributed by atoms with Gasteiger partial charge in [0.25, 0.3) is 0 Å². The fourth-order valence-electron chi connectivity index (χ4n) is 2.02. The van der Waals surface area contributed by atoms with Gasteiger partial charge in [-0.25, -0.2) is 0 Å². The van der Waals surface area contributed by atoms with Crippen molar-refractivity contribution >= 4 is 5.57 Å². The van der Waals surface area contributed by atoms with Crippen molar-refractivity contribution in [1.29, 1.82) is 0 Å². The van der Waals surface area contributed by atoms with Crippen LogP contribution in [0.5, 0.6) is 0 Å². The highest BCUT2D eigenvalue weighted by Crippen LogP contribution is 2.21. The van der Waals surface area contributed by atoms with E-state index in [0.29, 0.717) is 0 Å². The zero-order valence-electron chi connectivity index (χ0n) is 12.1. The van der Waals surface area contributed by atoms with Crippen molar-refractivity contribution in [2.75, 3.05) is 0 Å². The molecule has 0 atom stereocenters. The maximum Gasteiger partial charge on any atom is -0.0181 e. The normalized spacial score (nSPS) is 11.2. The molecule has 1 aromatic carbocycles. The number of aryl methyl sites for hydroxylation is 2. The van der Waals surface area contributed by atoms with Gasteiger partial charge in [-0.2, -0.15) is 0 Å². The van der Waals surface area contributed by atoms with Gasteiger partial charge in [0.2, 0.25) is 0 Å². The molecule has 0 spiro atoms. The van der Waals surface area contributed by atoms with E-state index in [0.717, 1.165) is 12.8 Å². The lowest BCUT2D eigenvalue weighted by molar-refractivity contribution is 1.04. The van der Waals surface area contributed by atoms with E-state index in [9.17, 15) is 0 Å². The number of allylic oxidation sites excluding steroid dienone is 5. The summed E-state index contributed by atoms with van der Waals surface area (Å²) in [5, 5.41) is 0. The van der Waals surface area contributed by atoms with Gasteiger partial charge >= 0.3 is 0 Å². The van der Waals surface area contributed by atoms with Gasteiger partial charge in [-0.05, 0) is 49.0 Å². The molecule has 18 heavy (non-hydrogen) atoms. The Morgan fingerprint density at radius 2 is 1.72 bits per heavy atom. The van der Waals surface area contributed by atoms with Crippen molar-refractivity contribution in [2.45, 2.75) is 40.5 Å². The Balaban J connectivity index is 3.19. The summed E-state index contributed by atoms with van der Waals surface area (Å²) in [5.41, 5.74) is 6.65. The van der Waals surface area contributed by atoms with Gasteiger partial charge in [0, 0.05) is 0 Å². The molecule has 0 amide bonds. The van der Waals surface area contributed by atoms with Crippen molar-refractivity contribution in [2.24, 2.45) is 0 Å². The number of hydrogen-bond acceptors (Lipinski definition) is 0. The minimum atomic E-state index is 1.09. The second kappa shape index (κ2) is 7.00. The molecule has 0 heteroatoms. The molecule has 0 N–H and O–H groups in total. The fraction of sp³-hybridized carbons (Fsp3) is 0.333. The third-order valence-corrected chi connectivity index (χ3v) is 3.12. The van der Waals surface area contributed by atoms with E-state index in [2.05, 4.69) is 64.6 Å². The first kappa shape index (κ1) is 14.5. The molecule has 0 bridgehead atoms. The Labute approximate surface area is 112 Å². The van der Waals surface area contributed by atoms with Crippen LogP contribution in [0.1, 0.15) is 44.4 Å². The van der Waals surface area contributed by atoms with Crippen molar-refractivity contribution in [3.63, 3.8) is 0 Å². The van der Waals surface area contributed by atoms with Crippen LogP contribution < -0.4 is 0 Å². The summed E-state index contributed by atoms with van der Waals surface area (Å²) in [5.74, 6) is 0. The van der Waals surface area contributed by atoms with Crippen molar-refractivity contribution in [3.05, 3.63) is 65.3 Å². The highest BCUT2D eigenvalue weighted by molar-refractivity contribution is 5.75. The molecule has 96 valence electrons. The Kier molecular flexibility index (Phi) is 5.64. The monoisotopic (exact) mass is 240 g/mol. The van der Waals surface area contributed by atoms with Gasteiger partial charge in [-0.15, -0.1) is 0 Å². The zero-order valence-corrected chi connectivity index (χ0v) is 12.1. The topological polar surface area (TPSA) is 0 Å². The van der Waals surface area contributed by atoms with Crippen LogP contribution in [-0.4, -0.2) is 0 Å². The van der Waals surface area contributed by atoms with E-state index < -0.39 is 0 Å². The van der Waals surface area contributed by atoms with Crippen molar-refractivity contribution < 1.29 is 0 Å². The summed E-state index contributed by atoms with van der Waals surface area (Å²) in [7, 11) is 0. The van der Waals surface area contributed by atoms with Crippen molar-refractivity contribution in [1.82, 2.24) is 0 Å². The molecule has 0 fully saturated rings. The summed E-state index contributed by atoms with van der Waals surface area (Å²) < 4.78 is 0. The van der Waals surface area contributed by atoms with Crippen LogP contribution in [0.3, 0.4) is 0 Å². The lowest BCUT2D eigenvalue weighted by atomic mass is 9.96. The van der Waals surface area contributed by atoms with Crippen LogP contribution in [0, 0.1) is 0 Å². The highest BCUT2D eigenvalue weighted by atomic mass is 14.1. The summed E-state index contributed by atoms with van der Waals surface area (Å²) >= 11 is 0. The Bertz CT molecular complexity index is 469. The van der Waals surface area contributed by atoms with Gasteiger partial charge in [-0.1, -0.05) is 62.4 Å². The number of hydrogen-bond donors (Lipinski definition) is 0. The second-order valence-corrected chi connectivity index (χ2v) is 4.76. The molecule has 0 unspecified atom stereocenters. The maximum atomic E-state index is 3.92. The largest absolute Gasteiger partial charge is 0.0984 e. The van der Waals surface area contributed by atoms with Crippen molar-refractivity contribution in [3.8, 4) is 0 Å². The van der Waals surface area contributed by atoms with Gasteiger partial charge in [0.1, 0.15) is 0 Å².